The van der Waals surface area contributed by atoms with Crippen LogP contribution in [0.25, 0.3) is 0 Å². The van der Waals surface area contributed by atoms with Crippen molar-refractivity contribution in [2.24, 2.45) is 11.3 Å². The summed E-state index contributed by atoms with van der Waals surface area (Å²) in [4.78, 5) is 2.86. The van der Waals surface area contributed by atoms with Crippen LogP contribution in [0.15, 0.2) is 0 Å². The first-order valence-electron chi connectivity index (χ1n) is 8.22. The van der Waals surface area contributed by atoms with E-state index in [1.165, 1.54) is 77.5 Å². The molecule has 2 heterocycles. The van der Waals surface area contributed by atoms with Crippen molar-refractivity contribution in [1.82, 2.24) is 10.2 Å². The topological polar surface area (TPSA) is 15.3 Å². The molecule has 0 aromatic heterocycles. The maximum Gasteiger partial charge on any atom is 0.0124 e. The third kappa shape index (κ3) is 2.75. The van der Waals surface area contributed by atoms with Crippen molar-refractivity contribution in [1.29, 1.82) is 0 Å². The second-order valence-electron chi connectivity index (χ2n) is 7.32. The Morgan fingerprint density at radius 1 is 1.11 bits per heavy atom. The lowest BCUT2D eigenvalue weighted by Crippen LogP contribution is -2.48. The van der Waals surface area contributed by atoms with Crippen LogP contribution in [0.1, 0.15) is 58.3 Å². The minimum Gasteiger partial charge on any atom is -0.316 e. The smallest absolute Gasteiger partial charge is 0.0124 e. The van der Waals surface area contributed by atoms with Gasteiger partial charge in [-0.1, -0.05) is 19.8 Å². The molecule has 2 heteroatoms. The van der Waals surface area contributed by atoms with Gasteiger partial charge in [-0.3, -0.25) is 4.90 Å². The summed E-state index contributed by atoms with van der Waals surface area (Å²) in [7, 11) is 0. The van der Waals surface area contributed by atoms with Gasteiger partial charge in [0.15, 0.2) is 0 Å². The molecule has 2 aliphatic heterocycles. The van der Waals surface area contributed by atoms with Gasteiger partial charge < -0.3 is 5.32 Å². The molecule has 18 heavy (non-hydrogen) atoms. The molecule has 2 saturated heterocycles. The minimum absolute atomic E-state index is 0.541. The Labute approximate surface area is 113 Å². The zero-order valence-corrected chi connectivity index (χ0v) is 12.1. The van der Waals surface area contributed by atoms with Crippen molar-refractivity contribution in [3.05, 3.63) is 0 Å². The lowest BCUT2D eigenvalue weighted by atomic mass is 9.81. The quantitative estimate of drug-likeness (QED) is 0.828. The molecule has 2 atom stereocenters. The van der Waals surface area contributed by atoms with E-state index < -0.39 is 0 Å². The number of nitrogens with zero attached hydrogens (tertiary/aromatic N) is 1. The maximum atomic E-state index is 3.61. The van der Waals surface area contributed by atoms with Crippen molar-refractivity contribution in [3.63, 3.8) is 0 Å². The summed E-state index contributed by atoms with van der Waals surface area (Å²) in [6.45, 7) is 7.70. The predicted octanol–water partition coefficient (Wildman–Crippen LogP) is 3.03. The Bertz CT molecular complexity index is 264. The summed E-state index contributed by atoms with van der Waals surface area (Å²) in [5, 5.41) is 3.61. The maximum absolute atomic E-state index is 3.61. The molecule has 0 radical (unpaired) electrons. The van der Waals surface area contributed by atoms with Crippen LogP contribution in [-0.4, -0.2) is 37.1 Å². The molecule has 0 aromatic rings. The molecule has 0 bridgehead atoms. The van der Waals surface area contributed by atoms with E-state index in [0.717, 1.165) is 12.0 Å². The Hall–Kier alpha value is -0.0800. The van der Waals surface area contributed by atoms with Crippen molar-refractivity contribution in [2.75, 3.05) is 26.2 Å². The van der Waals surface area contributed by atoms with Gasteiger partial charge in [0.25, 0.3) is 0 Å². The van der Waals surface area contributed by atoms with Crippen LogP contribution in [0.4, 0.5) is 0 Å². The average molecular weight is 250 g/mol. The van der Waals surface area contributed by atoms with Crippen molar-refractivity contribution < 1.29 is 0 Å². The lowest BCUT2D eigenvalue weighted by Gasteiger charge is -2.40. The molecule has 3 rings (SSSR count). The molecular weight excluding hydrogens is 220 g/mol. The van der Waals surface area contributed by atoms with Crippen LogP contribution in [0.3, 0.4) is 0 Å². The van der Waals surface area contributed by atoms with Gasteiger partial charge in [-0.2, -0.15) is 0 Å². The Morgan fingerprint density at radius 2 is 1.94 bits per heavy atom. The molecular formula is C16H30N2. The highest BCUT2D eigenvalue weighted by Crippen LogP contribution is 2.37. The molecule has 1 N–H and O–H groups in total. The summed E-state index contributed by atoms with van der Waals surface area (Å²) in [6, 6.07) is 0.936. The van der Waals surface area contributed by atoms with Gasteiger partial charge in [0.2, 0.25) is 0 Å². The first-order chi connectivity index (χ1) is 8.77. The first-order valence-corrected chi connectivity index (χ1v) is 8.22. The number of nitrogens with one attached hydrogen (secondary N) is 1. The van der Waals surface area contributed by atoms with E-state index in [-0.39, 0.29) is 0 Å². The standard InChI is InChI=1S/C16H30N2/c1-16(9-5-10-17-12-16)13-18-11-4-8-15(18)14-6-2-3-7-14/h14-15,17H,2-13H2,1H3. The van der Waals surface area contributed by atoms with Crippen LogP contribution in [-0.2, 0) is 0 Å². The molecule has 1 saturated carbocycles. The fraction of sp³-hybridized carbons (Fsp3) is 1.00. The van der Waals surface area contributed by atoms with Gasteiger partial charge in [0.05, 0.1) is 0 Å². The van der Waals surface area contributed by atoms with Gasteiger partial charge >= 0.3 is 0 Å². The first kappa shape index (κ1) is 12.9. The summed E-state index contributed by atoms with van der Waals surface area (Å²) in [5.41, 5.74) is 0.541. The largest absolute Gasteiger partial charge is 0.316 e. The van der Waals surface area contributed by atoms with Crippen LogP contribution >= 0.6 is 0 Å². The highest BCUT2D eigenvalue weighted by atomic mass is 15.2. The normalized spacial score (nSPS) is 39.5. The molecule has 0 amide bonds. The van der Waals surface area contributed by atoms with E-state index in [0.29, 0.717) is 5.41 Å². The highest BCUT2D eigenvalue weighted by Gasteiger charge is 2.37. The zero-order valence-electron chi connectivity index (χ0n) is 12.1. The van der Waals surface area contributed by atoms with E-state index in [9.17, 15) is 0 Å². The van der Waals surface area contributed by atoms with Crippen molar-refractivity contribution >= 4 is 0 Å². The lowest BCUT2D eigenvalue weighted by molar-refractivity contribution is 0.101. The van der Waals surface area contributed by atoms with Gasteiger partial charge in [0, 0.05) is 19.1 Å². The molecule has 104 valence electrons. The summed E-state index contributed by atoms with van der Waals surface area (Å²) in [6.07, 6.45) is 11.7. The van der Waals surface area contributed by atoms with Crippen LogP contribution in [0.5, 0.6) is 0 Å². The molecule has 2 unspecified atom stereocenters. The predicted molar refractivity (Wildman–Crippen MR) is 76.8 cm³/mol. The second-order valence-corrected chi connectivity index (χ2v) is 7.32. The minimum atomic E-state index is 0.541. The van der Waals surface area contributed by atoms with E-state index in [2.05, 4.69) is 17.1 Å². The SMILES string of the molecule is CC1(CN2CCCC2C2CCCC2)CCCNC1. The molecule has 1 aliphatic carbocycles. The summed E-state index contributed by atoms with van der Waals surface area (Å²) in [5.74, 6) is 1.03. The van der Waals surface area contributed by atoms with Gasteiger partial charge in [-0.25, -0.2) is 0 Å². The van der Waals surface area contributed by atoms with E-state index in [4.69, 9.17) is 0 Å². The van der Waals surface area contributed by atoms with Gasteiger partial charge in [-0.05, 0) is 62.9 Å². The van der Waals surface area contributed by atoms with Gasteiger partial charge in [0.1, 0.15) is 0 Å². The van der Waals surface area contributed by atoms with Crippen LogP contribution in [0.2, 0.25) is 0 Å². The monoisotopic (exact) mass is 250 g/mol. The van der Waals surface area contributed by atoms with Crippen molar-refractivity contribution in [2.45, 2.75) is 64.3 Å². The Morgan fingerprint density at radius 3 is 2.67 bits per heavy atom. The van der Waals surface area contributed by atoms with E-state index >= 15 is 0 Å². The van der Waals surface area contributed by atoms with Crippen LogP contribution < -0.4 is 5.32 Å². The second kappa shape index (κ2) is 5.50. The number of rotatable bonds is 3. The summed E-state index contributed by atoms with van der Waals surface area (Å²) >= 11 is 0. The Kier molecular flexibility index (Phi) is 3.95. The van der Waals surface area contributed by atoms with Gasteiger partial charge in [-0.15, -0.1) is 0 Å². The Balaban J connectivity index is 1.60. The summed E-state index contributed by atoms with van der Waals surface area (Å²) < 4.78 is 0. The fourth-order valence-corrected chi connectivity index (χ4v) is 4.67. The highest BCUT2D eigenvalue weighted by molar-refractivity contribution is 4.92. The third-order valence-electron chi connectivity index (χ3n) is 5.63. The number of hydrogen-bond donors (Lipinski definition) is 1. The fourth-order valence-electron chi connectivity index (χ4n) is 4.67. The van der Waals surface area contributed by atoms with Crippen molar-refractivity contribution in [3.8, 4) is 0 Å². The van der Waals surface area contributed by atoms with Crippen LogP contribution in [0, 0.1) is 11.3 Å². The number of likely N-dealkylation sites (tertiary alicyclic amines) is 1. The zero-order chi connectivity index (χ0) is 12.4. The average Bonchev–Trinajstić information content (AvgIpc) is 2.99. The molecule has 3 aliphatic rings. The molecule has 0 spiro atoms. The number of hydrogen-bond acceptors (Lipinski definition) is 2. The molecule has 2 nitrogen and oxygen atoms in total. The van der Waals surface area contributed by atoms with E-state index in [1.54, 1.807) is 0 Å². The van der Waals surface area contributed by atoms with E-state index in [1.807, 2.05) is 0 Å². The third-order valence-corrected chi connectivity index (χ3v) is 5.63. The molecule has 0 aromatic carbocycles. The number of piperidine rings is 1. The molecule has 3 fully saturated rings.